The van der Waals surface area contributed by atoms with Crippen molar-refractivity contribution in [2.45, 2.75) is 50.4 Å². The predicted molar refractivity (Wildman–Crippen MR) is 129 cm³/mol. The maximum atomic E-state index is 13.8. The summed E-state index contributed by atoms with van der Waals surface area (Å²) < 4.78 is 55.9. The molecule has 4 rings (SSSR count). The second-order valence-electron chi connectivity index (χ2n) is 8.96. The largest absolute Gasteiger partial charge is 0.481 e. The van der Waals surface area contributed by atoms with Crippen LogP contribution in [0, 0.1) is 5.82 Å². The number of carbonyl (C=O) groups is 3. The van der Waals surface area contributed by atoms with E-state index in [-0.39, 0.29) is 28.7 Å². The normalized spacial score (nSPS) is 14.7. The Labute approximate surface area is 214 Å². The monoisotopic (exact) mass is 532 g/mol. The molecule has 0 spiro atoms. The van der Waals surface area contributed by atoms with Crippen molar-refractivity contribution >= 4 is 23.5 Å². The zero-order valence-corrected chi connectivity index (χ0v) is 20.0. The van der Waals surface area contributed by atoms with E-state index in [9.17, 15) is 37.1 Å². The average Bonchev–Trinajstić information content (AvgIpc) is 3.54. The Balaban J connectivity index is 1.65. The Bertz CT molecular complexity index is 1330. The number of aliphatic carboxylic acids is 1. The topological polar surface area (TPSA) is 113 Å². The average molecular weight is 532 g/mol. The molecule has 8 nitrogen and oxygen atoms in total. The summed E-state index contributed by atoms with van der Waals surface area (Å²) in [6, 6.07) is 9.16. The van der Waals surface area contributed by atoms with Crippen LogP contribution in [-0.2, 0) is 15.8 Å². The zero-order valence-electron chi connectivity index (χ0n) is 20.0. The highest BCUT2D eigenvalue weighted by Crippen LogP contribution is 2.40. The van der Waals surface area contributed by atoms with E-state index in [1.54, 1.807) is 0 Å². The molecule has 2 amide bonds. The van der Waals surface area contributed by atoms with E-state index < -0.39 is 47.8 Å². The molecule has 0 radical (unpaired) electrons. The molecule has 12 heteroatoms. The number of rotatable bonds is 8. The number of carbonyl (C=O) groups excluding carboxylic acids is 2. The summed E-state index contributed by atoms with van der Waals surface area (Å²) in [6.45, 7) is 0. The smallest absolute Gasteiger partial charge is 0.417 e. The number of aromatic nitrogens is 2. The van der Waals surface area contributed by atoms with Gasteiger partial charge in [-0.1, -0.05) is 31.0 Å². The molecule has 1 aliphatic rings. The minimum atomic E-state index is -4.64. The van der Waals surface area contributed by atoms with Crippen LogP contribution in [0.25, 0.3) is 11.3 Å². The standard InChI is InChI=1S/C26H24F4N4O4/c27-15-9-11-16(12-10-15)31-24(37)20(14-23(35)36)32-25(38)21-13-22(34(33-21)17-5-1-2-6-17)18-7-3-4-8-19(18)26(28,29)30/h3-4,7-13,17,20H,1-2,5-6,14H2,(H,31,37)(H,32,38)(H,35,36)/t20-/m1/s1. The van der Waals surface area contributed by atoms with Crippen LogP contribution in [0.2, 0.25) is 0 Å². The van der Waals surface area contributed by atoms with Crippen molar-refractivity contribution in [3.05, 3.63) is 71.7 Å². The molecule has 0 unspecified atom stereocenters. The quantitative estimate of drug-likeness (QED) is 0.352. The summed E-state index contributed by atoms with van der Waals surface area (Å²) >= 11 is 0. The Morgan fingerprint density at radius 1 is 1.05 bits per heavy atom. The van der Waals surface area contributed by atoms with Crippen molar-refractivity contribution in [3.63, 3.8) is 0 Å². The van der Waals surface area contributed by atoms with E-state index in [1.165, 1.54) is 41.1 Å². The van der Waals surface area contributed by atoms with Crippen LogP contribution in [0.4, 0.5) is 23.2 Å². The summed E-state index contributed by atoms with van der Waals surface area (Å²) in [5.74, 6) is -3.71. The first-order valence-corrected chi connectivity index (χ1v) is 11.9. The molecular formula is C26H24F4N4O4. The van der Waals surface area contributed by atoms with Gasteiger partial charge in [-0.15, -0.1) is 0 Å². The van der Waals surface area contributed by atoms with Gasteiger partial charge in [0.1, 0.15) is 11.9 Å². The van der Waals surface area contributed by atoms with Gasteiger partial charge < -0.3 is 15.7 Å². The van der Waals surface area contributed by atoms with Crippen LogP contribution in [0.1, 0.15) is 54.2 Å². The molecule has 3 aromatic rings. The first kappa shape index (κ1) is 26.8. The SMILES string of the molecule is O=C(O)C[C@@H](NC(=O)c1cc(-c2ccccc2C(F)(F)F)n(C2CCCC2)n1)C(=O)Nc1ccc(F)cc1. The fourth-order valence-electron chi connectivity index (χ4n) is 4.47. The second kappa shape index (κ2) is 11.0. The number of anilines is 1. The third-order valence-electron chi connectivity index (χ3n) is 6.26. The lowest BCUT2D eigenvalue weighted by Gasteiger charge is -2.17. The molecule has 3 N–H and O–H groups in total. The van der Waals surface area contributed by atoms with Crippen LogP contribution in [0.5, 0.6) is 0 Å². The van der Waals surface area contributed by atoms with Gasteiger partial charge in [-0.3, -0.25) is 19.1 Å². The van der Waals surface area contributed by atoms with E-state index in [4.69, 9.17) is 0 Å². The Hall–Kier alpha value is -4.22. The number of carboxylic acid groups (broad SMARTS) is 1. The van der Waals surface area contributed by atoms with Gasteiger partial charge in [0.25, 0.3) is 5.91 Å². The zero-order chi connectivity index (χ0) is 27.4. The van der Waals surface area contributed by atoms with Crippen LogP contribution in [-0.4, -0.2) is 38.7 Å². The highest BCUT2D eigenvalue weighted by atomic mass is 19.4. The molecule has 2 aromatic carbocycles. The predicted octanol–water partition coefficient (Wildman–Crippen LogP) is 5.03. The summed E-state index contributed by atoms with van der Waals surface area (Å²) in [4.78, 5) is 37.2. The molecule has 0 aliphatic heterocycles. The summed E-state index contributed by atoms with van der Waals surface area (Å²) in [5, 5.41) is 18.3. The maximum absolute atomic E-state index is 13.8. The lowest BCUT2D eigenvalue weighted by atomic mass is 10.0. The van der Waals surface area contributed by atoms with Crippen molar-refractivity contribution in [2.75, 3.05) is 5.32 Å². The number of hydrogen-bond acceptors (Lipinski definition) is 4. The number of hydrogen-bond donors (Lipinski definition) is 3. The number of amides is 2. The molecule has 200 valence electrons. The van der Waals surface area contributed by atoms with Crippen LogP contribution in [0.15, 0.2) is 54.6 Å². The number of alkyl halides is 3. The van der Waals surface area contributed by atoms with E-state index in [0.717, 1.165) is 31.0 Å². The first-order chi connectivity index (χ1) is 18.0. The molecule has 1 aliphatic carbocycles. The van der Waals surface area contributed by atoms with Gasteiger partial charge in [0.15, 0.2) is 5.69 Å². The molecule has 1 atom stereocenters. The number of benzene rings is 2. The van der Waals surface area contributed by atoms with Gasteiger partial charge in [-0.05, 0) is 49.2 Å². The molecular weight excluding hydrogens is 508 g/mol. The first-order valence-electron chi connectivity index (χ1n) is 11.9. The summed E-state index contributed by atoms with van der Waals surface area (Å²) in [6.07, 6.45) is -2.36. The number of carboxylic acids is 1. The molecule has 0 bridgehead atoms. The van der Waals surface area contributed by atoms with Crippen molar-refractivity contribution in [3.8, 4) is 11.3 Å². The fourth-order valence-corrected chi connectivity index (χ4v) is 4.47. The third-order valence-corrected chi connectivity index (χ3v) is 6.26. The van der Waals surface area contributed by atoms with Crippen LogP contribution in [0.3, 0.4) is 0 Å². The summed E-state index contributed by atoms with van der Waals surface area (Å²) in [7, 11) is 0. The van der Waals surface area contributed by atoms with Gasteiger partial charge in [-0.25, -0.2) is 4.39 Å². The van der Waals surface area contributed by atoms with Gasteiger partial charge in [0, 0.05) is 11.3 Å². The van der Waals surface area contributed by atoms with Gasteiger partial charge in [0.2, 0.25) is 5.91 Å². The fraction of sp³-hybridized carbons (Fsp3) is 0.308. The van der Waals surface area contributed by atoms with Gasteiger partial charge >= 0.3 is 12.1 Å². The van der Waals surface area contributed by atoms with Crippen LogP contribution >= 0.6 is 0 Å². The number of nitrogens with one attached hydrogen (secondary N) is 2. The van der Waals surface area contributed by atoms with Crippen molar-refractivity contribution < 1.29 is 37.1 Å². The second-order valence-corrected chi connectivity index (χ2v) is 8.96. The minimum absolute atomic E-state index is 0.0977. The molecule has 0 saturated heterocycles. The molecule has 1 aromatic heterocycles. The highest BCUT2D eigenvalue weighted by Gasteiger charge is 2.35. The van der Waals surface area contributed by atoms with Gasteiger partial charge in [0.05, 0.1) is 23.7 Å². The van der Waals surface area contributed by atoms with E-state index in [2.05, 4.69) is 15.7 Å². The summed E-state index contributed by atoms with van der Waals surface area (Å²) in [5.41, 5.74) is -1.00. The van der Waals surface area contributed by atoms with Crippen molar-refractivity contribution in [2.24, 2.45) is 0 Å². The Kier molecular flexibility index (Phi) is 7.79. The van der Waals surface area contributed by atoms with E-state index in [1.807, 2.05) is 0 Å². The number of halogens is 4. The lowest BCUT2D eigenvalue weighted by molar-refractivity contribution is -0.139. The van der Waals surface area contributed by atoms with Crippen LogP contribution < -0.4 is 10.6 Å². The molecule has 1 heterocycles. The Morgan fingerprint density at radius 3 is 2.34 bits per heavy atom. The van der Waals surface area contributed by atoms with Gasteiger partial charge in [-0.2, -0.15) is 18.3 Å². The highest BCUT2D eigenvalue weighted by molar-refractivity contribution is 6.02. The van der Waals surface area contributed by atoms with E-state index in [0.29, 0.717) is 12.8 Å². The molecule has 38 heavy (non-hydrogen) atoms. The molecule has 1 saturated carbocycles. The van der Waals surface area contributed by atoms with E-state index >= 15 is 0 Å². The number of nitrogens with zero attached hydrogens (tertiary/aromatic N) is 2. The van der Waals surface area contributed by atoms with Crippen molar-refractivity contribution in [1.29, 1.82) is 0 Å². The maximum Gasteiger partial charge on any atom is 0.417 e. The minimum Gasteiger partial charge on any atom is -0.481 e. The Morgan fingerprint density at radius 2 is 1.71 bits per heavy atom. The molecule has 1 fully saturated rings. The lowest BCUT2D eigenvalue weighted by Crippen LogP contribution is -2.45. The van der Waals surface area contributed by atoms with Crippen molar-refractivity contribution in [1.82, 2.24) is 15.1 Å². The third kappa shape index (κ3) is 6.18.